The van der Waals surface area contributed by atoms with E-state index in [0.717, 1.165) is 34.8 Å². The number of rotatable bonds is 7. The molecule has 0 unspecified atom stereocenters. The van der Waals surface area contributed by atoms with Crippen LogP contribution in [0.2, 0.25) is 0 Å². The van der Waals surface area contributed by atoms with Crippen molar-refractivity contribution in [3.8, 4) is 5.75 Å². The Morgan fingerprint density at radius 3 is 2.32 bits per heavy atom. The molecule has 0 aliphatic heterocycles. The van der Waals surface area contributed by atoms with Gasteiger partial charge in [0.2, 0.25) is 15.9 Å². The van der Waals surface area contributed by atoms with Crippen LogP contribution < -0.4 is 14.4 Å². The average Bonchev–Trinajstić information content (AvgIpc) is 2.59. The fourth-order valence-corrected chi connectivity index (χ4v) is 3.22. The van der Waals surface area contributed by atoms with Gasteiger partial charge in [0.15, 0.2) is 0 Å². The van der Waals surface area contributed by atoms with Gasteiger partial charge in [0, 0.05) is 11.8 Å². The SMILES string of the molecule is CCOc1cccc(N(CC(=O)Nc2ccc(C(F)(F)F)cc2)S(C)(=O)=O)c1. The summed E-state index contributed by atoms with van der Waals surface area (Å²) in [6, 6.07) is 10.1. The Kier molecular flexibility index (Phi) is 6.55. The first-order valence-electron chi connectivity index (χ1n) is 8.18. The van der Waals surface area contributed by atoms with Gasteiger partial charge in [-0.1, -0.05) is 6.07 Å². The molecular weight excluding hydrogens is 397 g/mol. The van der Waals surface area contributed by atoms with Gasteiger partial charge in [-0.3, -0.25) is 9.10 Å². The van der Waals surface area contributed by atoms with Crippen molar-refractivity contribution in [2.24, 2.45) is 0 Å². The summed E-state index contributed by atoms with van der Waals surface area (Å²) >= 11 is 0. The summed E-state index contributed by atoms with van der Waals surface area (Å²) in [5.74, 6) is -0.260. The molecule has 0 saturated carbocycles. The quantitative estimate of drug-likeness (QED) is 0.750. The van der Waals surface area contributed by atoms with Crippen LogP contribution in [0.25, 0.3) is 0 Å². The molecule has 2 aromatic carbocycles. The van der Waals surface area contributed by atoms with Crippen LogP contribution in [0.5, 0.6) is 5.75 Å². The van der Waals surface area contributed by atoms with Gasteiger partial charge in [-0.15, -0.1) is 0 Å². The highest BCUT2D eigenvalue weighted by Crippen LogP contribution is 2.30. The Morgan fingerprint density at radius 2 is 1.79 bits per heavy atom. The molecule has 0 aliphatic rings. The second kappa shape index (κ2) is 8.51. The molecule has 2 aromatic rings. The predicted molar refractivity (Wildman–Crippen MR) is 99.9 cm³/mol. The number of nitrogens with one attached hydrogen (secondary N) is 1. The van der Waals surface area contributed by atoms with E-state index in [9.17, 15) is 26.4 Å². The van der Waals surface area contributed by atoms with Crippen LogP contribution in [-0.4, -0.2) is 33.7 Å². The summed E-state index contributed by atoms with van der Waals surface area (Å²) in [5.41, 5.74) is -0.499. The van der Waals surface area contributed by atoms with Crippen LogP contribution >= 0.6 is 0 Å². The van der Waals surface area contributed by atoms with Crippen LogP contribution in [0.4, 0.5) is 24.5 Å². The topological polar surface area (TPSA) is 75.7 Å². The Bertz CT molecular complexity index is 929. The number of alkyl halides is 3. The summed E-state index contributed by atoms with van der Waals surface area (Å²) in [6.45, 7) is 1.62. The largest absolute Gasteiger partial charge is 0.494 e. The molecule has 28 heavy (non-hydrogen) atoms. The van der Waals surface area contributed by atoms with E-state index in [2.05, 4.69) is 5.32 Å². The number of nitrogens with zero attached hydrogens (tertiary/aromatic N) is 1. The van der Waals surface area contributed by atoms with Crippen LogP contribution in [0.1, 0.15) is 12.5 Å². The first-order valence-corrected chi connectivity index (χ1v) is 10.0. The number of carbonyl (C=O) groups excluding carboxylic acids is 1. The fourth-order valence-electron chi connectivity index (χ4n) is 2.37. The number of sulfonamides is 1. The number of amides is 1. The summed E-state index contributed by atoms with van der Waals surface area (Å²) < 4.78 is 68.2. The Balaban J connectivity index is 2.17. The van der Waals surface area contributed by atoms with Gasteiger partial charge in [-0.05, 0) is 43.3 Å². The van der Waals surface area contributed by atoms with Gasteiger partial charge in [0.1, 0.15) is 12.3 Å². The summed E-state index contributed by atoms with van der Waals surface area (Å²) in [7, 11) is -3.79. The van der Waals surface area contributed by atoms with Crippen molar-refractivity contribution in [3.05, 3.63) is 54.1 Å². The lowest BCUT2D eigenvalue weighted by molar-refractivity contribution is -0.137. The predicted octanol–water partition coefficient (Wildman–Crippen LogP) is 3.51. The fraction of sp³-hybridized carbons (Fsp3) is 0.278. The minimum atomic E-state index is -4.48. The van der Waals surface area contributed by atoms with Gasteiger partial charge in [0.25, 0.3) is 0 Å². The molecule has 2 rings (SSSR count). The van der Waals surface area contributed by atoms with Crippen LogP contribution in [0.3, 0.4) is 0 Å². The number of benzene rings is 2. The van der Waals surface area contributed by atoms with Crippen LogP contribution in [0.15, 0.2) is 48.5 Å². The van der Waals surface area contributed by atoms with Crippen molar-refractivity contribution in [3.63, 3.8) is 0 Å². The number of ether oxygens (including phenoxy) is 1. The highest BCUT2D eigenvalue weighted by Gasteiger charge is 2.30. The molecule has 0 aromatic heterocycles. The molecule has 0 atom stereocenters. The Labute approximate surface area is 161 Å². The second-order valence-corrected chi connectivity index (χ2v) is 7.73. The smallest absolute Gasteiger partial charge is 0.416 e. The molecule has 10 heteroatoms. The van der Waals surface area contributed by atoms with Gasteiger partial charge < -0.3 is 10.1 Å². The van der Waals surface area contributed by atoms with E-state index in [-0.39, 0.29) is 11.4 Å². The minimum absolute atomic E-state index is 0.120. The molecule has 0 heterocycles. The van der Waals surface area contributed by atoms with Gasteiger partial charge in [-0.25, -0.2) is 8.42 Å². The zero-order valence-corrected chi connectivity index (χ0v) is 16.0. The third-order valence-corrected chi connectivity index (χ3v) is 4.74. The van der Waals surface area contributed by atoms with Crippen molar-refractivity contribution < 1.29 is 31.1 Å². The lowest BCUT2D eigenvalue weighted by Crippen LogP contribution is -2.37. The molecule has 0 fully saturated rings. The number of carbonyl (C=O) groups is 1. The normalized spacial score (nSPS) is 11.8. The van der Waals surface area contributed by atoms with E-state index in [0.29, 0.717) is 12.4 Å². The molecule has 0 bridgehead atoms. The van der Waals surface area contributed by atoms with Crippen LogP contribution in [0, 0.1) is 0 Å². The highest BCUT2D eigenvalue weighted by molar-refractivity contribution is 7.92. The van der Waals surface area contributed by atoms with Crippen molar-refractivity contribution in [2.45, 2.75) is 13.1 Å². The molecular formula is C18H19F3N2O4S. The van der Waals surface area contributed by atoms with Crippen molar-refractivity contribution in [1.82, 2.24) is 0 Å². The number of hydrogen-bond acceptors (Lipinski definition) is 4. The summed E-state index contributed by atoms with van der Waals surface area (Å²) in [4.78, 5) is 12.3. The zero-order chi connectivity index (χ0) is 20.9. The molecule has 1 amide bonds. The van der Waals surface area contributed by atoms with E-state index in [1.165, 1.54) is 12.1 Å². The van der Waals surface area contributed by atoms with Crippen molar-refractivity contribution >= 4 is 27.3 Å². The summed E-state index contributed by atoms with van der Waals surface area (Å²) in [5, 5.41) is 2.39. The lowest BCUT2D eigenvalue weighted by atomic mass is 10.2. The van der Waals surface area contributed by atoms with E-state index in [1.807, 2.05) is 0 Å². The maximum atomic E-state index is 12.6. The number of anilines is 2. The lowest BCUT2D eigenvalue weighted by Gasteiger charge is -2.22. The van der Waals surface area contributed by atoms with Crippen molar-refractivity contribution in [1.29, 1.82) is 0 Å². The van der Waals surface area contributed by atoms with E-state index >= 15 is 0 Å². The summed E-state index contributed by atoms with van der Waals surface area (Å²) in [6.07, 6.45) is -3.53. The third kappa shape index (κ3) is 5.88. The van der Waals surface area contributed by atoms with Crippen LogP contribution in [-0.2, 0) is 21.0 Å². The first-order chi connectivity index (χ1) is 13.0. The standard InChI is InChI=1S/C18H19F3N2O4S/c1-3-27-16-6-4-5-15(11-16)23(28(2,25)26)12-17(24)22-14-9-7-13(8-10-14)18(19,20)21/h4-11H,3,12H2,1-2H3,(H,22,24). The maximum Gasteiger partial charge on any atom is 0.416 e. The molecule has 152 valence electrons. The Morgan fingerprint density at radius 1 is 1.14 bits per heavy atom. The zero-order valence-electron chi connectivity index (χ0n) is 15.2. The molecule has 6 nitrogen and oxygen atoms in total. The maximum absolute atomic E-state index is 12.6. The van der Waals surface area contributed by atoms with Gasteiger partial charge in [-0.2, -0.15) is 13.2 Å². The molecule has 1 N–H and O–H groups in total. The van der Waals surface area contributed by atoms with E-state index < -0.39 is 34.2 Å². The van der Waals surface area contributed by atoms with E-state index in [4.69, 9.17) is 4.74 Å². The average molecular weight is 416 g/mol. The van der Waals surface area contributed by atoms with E-state index in [1.54, 1.807) is 19.1 Å². The number of halogens is 3. The minimum Gasteiger partial charge on any atom is -0.494 e. The van der Waals surface area contributed by atoms with Crippen molar-refractivity contribution in [2.75, 3.05) is 29.0 Å². The molecule has 0 aliphatic carbocycles. The monoisotopic (exact) mass is 416 g/mol. The third-order valence-electron chi connectivity index (χ3n) is 3.60. The van der Waals surface area contributed by atoms with Gasteiger partial charge in [0.05, 0.1) is 24.1 Å². The second-order valence-electron chi connectivity index (χ2n) is 5.82. The highest BCUT2D eigenvalue weighted by atomic mass is 32.2. The molecule has 0 radical (unpaired) electrons. The molecule has 0 spiro atoms. The first kappa shape index (κ1) is 21.5. The molecule has 0 saturated heterocycles. The van der Waals surface area contributed by atoms with Gasteiger partial charge >= 0.3 is 6.18 Å². The number of hydrogen-bond donors (Lipinski definition) is 1. The Hall–Kier alpha value is -2.75.